The highest BCUT2D eigenvalue weighted by Crippen LogP contribution is 2.43. The number of hydrogen-bond acceptors (Lipinski definition) is 7. The number of amides is 1. The summed E-state index contributed by atoms with van der Waals surface area (Å²) >= 11 is 0. The zero-order chi connectivity index (χ0) is 27.1. The number of allylic oxidation sites excluding steroid dienone is 2. The van der Waals surface area contributed by atoms with Crippen molar-refractivity contribution in [2.45, 2.75) is 116 Å². The molecule has 0 aromatic heterocycles. The molecule has 0 aliphatic heterocycles. The summed E-state index contributed by atoms with van der Waals surface area (Å²) in [6.07, 6.45) is 17.5. The van der Waals surface area contributed by atoms with E-state index in [1.807, 2.05) is 18.2 Å². The summed E-state index contributed by atoms with van der Waals surface area (Å²) in [5.41, 5.74) is 5.28. The Morgan fingerprint density at radius 3 is 2.19 bits per heavy atom. The molecule has 0 fully saturated rings. The highest BCUT2D eigenvalue weighted by atomic mass is 31.2. The molecule has 0 aliphatic carbocycles. The Labute approximate surface area is 218 Å². The molecule has 0 heterocycles. The number of phosphoric ester groups is 1. The number of carbonyl (C=O) groups excluding carboxylic acids is 1. The minimum absolute atomic E-state index is 0.0444. The Bertz CT molecular complexity index is 646. The van der Waals surface area contributed by atoms with Gasteiger partial charge in [-0.2, -0.15) is 0 Å². The van der Waals surface area contributed by atoms with E-state index in [2.05, 4.69) is 19.2 Å². The van der Waals surface area contributed by atoms with Gasteiger partial charge in [-0.1, -0.05) is 83.1 Å². The monoisotopic (exact) mass is 534 g/mol. The molecule has 9 nitrogen and oxygen atoms in total. The van der Waals surface area contributed by atoms with Crippen molar-refractivity contribution in [3.05, 3.63) is 24.3 Å². The summed E-state index contributed by atoms with van der Waals surface area (Å²) in [6, 6.07) is -0.989. The van der Waals surface area contributed by atoms with E-state index < -0.39 is 38.6 Å². The second kappa shape index (κ2) is 23.1. The maximum absolute atomic E-state index is 12.5. The quantitative estimate of drug-likeness (QED) is 0.0689. The van der Waals surface area contributed by atoms with Gasteiger partial charge in [-0.3, -0.25) is 13.8 Å². The Morgan fingerprint density at radius 2 is 1.56 bits per heavy atom. The predicted molar refractivity (Wildman–Crippen MR) is 144 cm³/mol. The fraction of sp³-hybridized carbons (Fsp3) is 0.808. The van der Waals surface area contributed by atoms with Gasteiger partial charge in [-0.25, -0.2) is 4.57 Å². The lowest BCUT2D eigenvalue weighted by atomic mass is 10.1. The van der Waals surface area contributed by atoms with Gasteiger partial charge in [0.2, 0.25) is 5.91 Å². The largest absolute Gasteiger partial charge is 0.472 e. The fourth-order valence-corrected chi connectivity index (χ4v) is 4.22. The number of hydrogen-bond donors (Lipinski definition) is 5. The smallest absolute Gasteiger partial charge is 0.392 e. The lowest BCUT2D eigenvalue weighted by molar-refractivity contribution is -0.124. The molecule has 0 spiro atoms. The molecule has 4 atom stereocenters. The number of carbonyl (C=O) groups is 1. The molecule has 0 rings (SSSR count). The SMILES string of the molecule is CCCCCC/C=C\CC(O)CC(=O)NC(COP(=O)(O)OCCN)C(O)/C=C/CCCCCCC. The molecule has 0 aromatic rings. The Kier molecular flexibility index (Phi) is 22.4. The summed E-state index contributed by atoms with van der Waals surface area (Å²) in [4.78, 5) is 22.2. The first kappa shape index (κ1) is 34.9. The van der Waals surface area contributed by atoms with Gasteiger partial charge >= 0.3 is 7.82 Å². The minimum atomic E-state index is -4.37. The van der Waals surface area contributed by atoms with Crippen molar-refractivity contribution < 1.29 is 33.5 Å². The van der Waals surface area contributed by atoms with Crippen molar-refractivity contribution in [1.82, 2.24) is 5.32 Å². The molecule has 0 radical (unpaired) electrons. The summed E-state index contributed by atoms with van der Waals surface area (Å²) in [5.74, 6) is -0.491. The third-order valence-electron chi connectivity index (χ3n) is 5.58. The summed E-state index contributed by atoms with van der Waals surface area (Å²) in [5, 5.41) is 23.4. The third kappa shape index (κ3) is 21.1. The third-order valence-corrected chi connectivity index (χ3v) is 6.56. The maximum atomic E-state index is 12.5. The van der Waals surface area contributed by atoms with Crippen molar-refractivity contribution in [2.75, 3.05) is 19.8 Å². The van der Waals surface area contributed by atoms with E-state index in [-0.39, 0.29) is 19.6 Å². The fourth-order valence-electron chi connectivity index (χ4n) is 3.46. The van der Waals surface area contributed by atoms with E-state index in [0.717, 1.165) is 32.1 Å². The molecule has 0 bridgehead atoms. The van der Waals surface area contributed by atoms with Crippen LogP contribution in [0.4, 0.5) is 0 Å². The van der Waals surface area contributed by atoms with Gasteiger partial charge in [0.05, 0.1) is 37.9 Å². The number of rotatable bonds is 24. The molecule has 6 N–H and O–H groups in total. The van der Waals surface area contributed by atoms with Crippen LogP contribution in [0.25, 0.3) is 0 Å². The normalized spacial score (nSPS) is 16.3. The molecule has 1 amide bonds. The molecule has 0 saturated heterocycles. The van der Waals surface area contributed by atoms with Gasteiger partial charge in [0.25, 0.3) is 0 Å². The molecule has 0 saturated carbocycles. The van der Waals surface area contributed by atoms with Crippen LogP contribution in [0, 0.1) is 0 Å². The number of nitrogens with two attached hydrogens (primary N) is 1. The first-order chi connectivity index (χ1) is 17.3. The Hall–Kier alpha value is -1.06. The van der Waals surface area contributed by atoms with E-state index in [1.54, 1.807) is 6.08 Å². The average Bonchev–Trinajstić information content (AvgIpc) is 2.84. The number of phosphoric acid groups is 1. The van der Waals surface area contributed by atoms with Gasteiger partial charge in [0.15, 0.2) is 0 Å². The van der Waals surface area contributed by atoms with E-state index >= 15 is 0 Å². The van der Waals surface area contributed by atoms with E-state index in [0.29, 0.717) is 6.42 Å². The van der Waals surface area contributed by atoms with Gasteiger partial charge in [-0.15, -0.1) is 0 Å². The van der Waals surface area contributed by atoms with Crippen LogP contribution < -0.4 is 11.1 Å². The van der Waals surface area contributed by atoms with Crippen LogP contribution >= 0.6 is 7.82 Å². The van der Waals surface area contributed by atoms with Crippen LogP contribution in [0.15, 0.2) is 24.3 Å². The van der Waals surface area contributed by atoms with Crippen LogP contribution in [0.2, 0.25) is 0 Å². The van der Waals surface area contributed by atoms with Crippen LogP contribution in [0.1, 0.15) is 97.3 Å². The van der Waals surface area contributed by atoms with Crippen molar-refractivity contribution in [3.8, 4) is 0 Å². The summed E-state index contributed by atoms with van der Waals surface area (Å²) in [6.45, 7) is 3.76. The minimum Gasteiger partial charge on any atom is -0.392 e. The van der Waals surface area contributed by atoms with E-state index in [1.165, 1.54) is 38.5 Å². The van der Waals surface area contributed by atoms with Gasteiger partial charge in [0, 0.05) is 6.54 Å². The number of aliphatic hydroxyl groups excluding tert-OH is 2. The maximum Gasteiger partial charge on any atom is 0.472 e. The van der Waals surface area contributed by atoms with Crippen LogP contribution in [-0.2, 0) is 18.4 Å². The standard InChI is InChI=1S/C26H51N2O7P/c1-3-5-7-9-11-13-15-17-23(29)21-26(31)28-24(22-35-36(32,33)34-20-19-27)25(30)18-16-14-12-10-8-6-4-2/h13,15-16,18,23-25,29-30H,3-12,14,17,19-22,27H2,1-2H3,(H,28,31)(H,32,33)/b15-13-,18-16+. The average molecular weight is 535 g/mol. The van der Waals surface area contributed by atoms with Crippen LogP contribution in [0.5, 0.6) is 0 Å². The second-order valence-corrected chi connectivity index (χ2v) is 10.5. The molecule has 36 heavy (non-hydrogen) atoms. The Morgan fingerprint density at radius 1 is 0.944 bits per heavy atom. The molecular weight excluding hydrogens is 483 g/mol. The summed E-state index contributed by atoms with van der Waals surface area (Å²) < 4.78 is 21.7. The topological polar surface area (TPSA) is 151 Å². The van der Waals surface area contributed by atoms with E-state index in [9.17, 15) is 24.5 Å². The zero-order valence-electron chi connectivity index (χ0n) is 22.4. The molecule has 212 valence electrons. The lowest BCUT2D eigenvalue weighted by Gasteiger charge is -2.23. The molecule has 0 aromatic carbocycles. The Balaban J connectivity index is 4.76. The number of aliphatic hydroxyl groups is 2. The molecule has 10 heteroatoms. The van der Waals surface area contributed by atoms with Gasteiger partial charge < -0.3 is 26.2 Å². The van der Waals surface area contributed by atoms with Gasteiger partial charge in [-0.05, 0) is 32.1 Å². The molecule has 0 aliphatic rings. The molecule has 4 unspecified atom stereocenters. The predicted octanol–water partition coefficient (Wildman–Crippen LogP) is 4.51. The van der Waals surface area contributed by atoms with Crippen molar-refractivity contribution in [3.63, 3.8) is 0 Å². The van der Waals surface area contributed by atoms with Gasteiger partial charge in [0.1, 0.15) is 0 Å². The highest BCUT2D eigenvalue weighted by molar-refractivity contribution is 7.47. The first-order valence-electron chi connectivity index (χ1n) is 13.5. The van der Waals surface area contributed by atoms with Crippen LogP contribution in [0.3, 0.4) is 0 Å². The van der Waals surface area contributed by atoms with Crippen molar-refractivity contribution >= 4 is 13.7 Å². The molecular formula is C26H51N2O7P. The zero-order valence-corrected chi connectivity index (χ0v) is 23.2. The van der Waals surface area contributed by atoms with Crippen molar-refractivity contribution in [2.24, 2.45) is 5.73 Å². The summed E-state index contributed by atoms with van der Waals surface area (Å²) in [7, 11) is -4.37. The van der Waals surface area contributed by atoms with Crippen LogP contribution in [-0.4, -0.2) is 59.0 Å². The second-order valence-electron chi connectivity index (χ2n) is 9.10. The number of nitrogens with one attached hydrogen (secondary N) is 1. The van der Waals surface area contributed by atoms with Crippen molar-refractivity contribution in [1.29, 1.82) is 0 Å². The van der Waals surface area contributed by atoms with E-state index in [4.69, 9.17) is 14.8 Å². The first-order valence-corrected chi connectivity index (χ1v) is 15.0. The lowest BCUT2D eigenvalue weighted by Crippen LogP contribution is -2.46. The highest BCUT2D eigenvalue weighted by Gasteiger charge is 2.27. The number of unbranched alkanes of at least 4 members (excludes halogenated alkanes) is 9.